The molecule has 5 nitrogen and oxygen atoms in total. The molecule has 130 valence electrons. The van der Waals surface area contributed by atoms with Crippen molar-refractivity contribution in [3.05, 3.63) is 60.9 Å². The van der Waals surface area contributed by atoms with E-state index in [0.29, 0.717) is 0 Å². The van der Waals surface area contributed by atoms with E-state index in [4.69, 9.17) is 9.47 Å². The fraction of sp³-hybridized carbons (Fsp3) is 0.100. The molecule has 4 aromatic rings. The van der Waals surface area contributed by atoms with E-state index in [-0.39, 0.29) is 0 Å². The second kappa shape index (κ2) is 7.01. The van der Waals surface area contributed by atoms with Crippen LogP contribution in [0, 0.1) is 0 Å². The zero-order chi connectivity index (χ0) is 17.9. The number of rotatable bonds is 5. The van der Waals surface area contributed by atoms with Crippen LogP contribution in [-0.4, -0.2) is 24.2 Å². The summed E-state index contributed by atoms with van der Waals surface area (Å²) in [6.45, 7) is 0. The van der Waals surface area contributed by atoms with Crippen molar-refractivity contribution in [3.63, 3.8) is 0 Å². The zero-order valence-corrected chi connectivity index (χ0v) is 15.2. The highest BCUT2D eigenvalue weighted by atomic mass is 32.1. The molecule has 0 radical (unpaired) electrons. The summed E-state index contributed by atoms with van der Waals surface area (Å²) in [6, 6.07) is 16.0. The quantitative estimate of drug-likeness (QED) is 0.533. The smallest absolute Gasteiger partial charge is 0.188 e. The average molecular weight is 363 g/mol. The third-order valence-corrected chi connectivity index (χ3v) is 4.95. The Morgan fingerprint density at radius 3 is 2.42 bits per heavy atom. The number of aromatic nitrogens is 2. The lowest BCUT2D eigenvalue weighted by molar-refractivity contribution is 0.413. The van der Waals surface area contributed by atoms with Gasteiger partial charge in [0, 0.05) is 17.4 Å². The van der Waals surface area contributed by atoms with Crippen LogP contribution in [0.3, 0.4) is 0 Å². The number of methoxy groups -OCH3 is 2. The van der Waals surface area contributed by atoms with Gasteiger partial charge in [0.1, 0.15) is 11.5 Å². The van der Waals surface area contributed by atoms with Crippen molar-refractivity contribution in [2.75, 3.05) is 19.5 Å². The second-order valence-corrected chi connectivity index (χ2v) is 6.70. The first-order chi connectivity index (χ1) is 12.7. The second-order valence-electron chi connectivity index (χ2n) is 5.67. The van der Waals surface area contributed by atoms with Gasteiger partial charge < -0.3 is 14.8 Å². The van der Waals surface area contributed by atoms with Gasteiger partial charge >= 0.3 is 0 Å². The van der Waals surface area contributed by atoms with Crippen molar-refractivity contribution in [1.29, 1.82) is 0 Å². The Morgan fingerprint density at radius 1 is 0.846 bits per heavy atom. The number of pyridine rings is 1. The average Bonchev–Trinajstić information content (AvgIpc) is 3.10. The molecule has 0 aliphatic rings. The van der Waals surface area contributed by atoms with Crippen LogP contribution in [0.5, 0.6) is 11.5 Å². The van der Waals surface area contributed by atoms with E-state index < -0.39 is 0 Å². The predicted octanol–water partition coefficient (Wildman–Crippen LogP) is 5.12. The molecule has 1 N–H and O–H groups in total. The number of hydrogen-bond donors (Lipinski definition) is 1. The van der Waals surface area contributed by atoms with Crippen LogP contribution >= 0.6 is 11.3 Å². The summed E-state index contributed by atoms with van der Waals surface area (Å²) in [4.78, 5) is 8.88. The Kier molecular flexibility index (Phi) is 4.41. The first-order valence-electron chi connectivity index (χ1n) is 8.06. The first-order valence-corrected chi connectivity index (χ1v) is 8.88. The van der Waals surface area contributed by atoms with Gasteiger partial charge in [0.05, 0.1) is 30.6 Å². The number of anilines is 2. The molecular weight excluding hydrogens is 346 g/mol. The molecular formula is C20H17N3O2S. The van der Waals surface area contributed by atoms with Gasteiger partial charge in [-0.05, 0) is 48.0 Å². The number of thiazole rings is 1. The van der Waals surface area contributed by atoms with Gasteiger partial charge in [-0.25, -0.2) is 4.98 Å². The minimum atomic E-state index is 0.744. The number of fused-ring (bicyclic) bond motifs is 1. The number of nitrogens with one attached hydrogen (secondary N) is 1. The van der Waals surface area contributed by atoms with Gasteiger partial charge in [-0.15, -0.1) is 0 Å². The van der Waals surface area contributed by atoms with Gasteiger partial charge in [-0.1, -0.05) is 17.4 Å². The van der Waals surface area contributed by atoms with Crippen LogP contribution in [0.1, 0.15) is 0 Å². The fourth-order valence-electron chi connectivity index (χ4n) is 2.64. The maximum absolute atomic E-state index is 5.26. The normalized spacial score (nSPS) is 10.7. The summed E-state index contributed by atoms with van der Waals surface area (Å²) in [6.07, 6.45) is 3.53. The maximum Gasteiger partial charge on any atom is 0.188 e. The number of ether oxygens (including phenoxy) is 2. The highest BCUT2D eigenvalue weighted by Crippen LogP contribution is 2.32. The number of hydrogen-bond acceptors (Lipinski definition) is 6. The molecule has 0 saturated carbocycles. The Bertz CT molecular complexity index is 1040. The summed E-state index contributed by atoms with van der Waals surface area (Å²) < 4.78 is 11.6. The minimum absolute atomic E-state index is 0.744. The van der Waals surface area contributed by atoms with E-state index in [1.807, 2.05) is 42.6 Å². The zero-order valence-electron chi connectivity index (χ0n) is 14.4. The molecule has 26 heavy (non-hydrogen) atoms. The van der Waals surface area contributed by atoms with Crippen molar-refractivity contribution in [1.82, 2.24) is 9.97 Å². The molecule has 0 aliphatic carbocycles. The SMILES string of the molecule is COc1ccc(Nc2nc3ccc(-c4cncc(OC)c4)cc3s2)cc1. The standard InChI is InChI=1S/C20H17N3O2S/c1-24-16-6-4-15(5-7-16)22-20-23-18-8-3-13(10-19(18)26-20)14-9-17(25-2)12-21-11-14/h3-12H,1-2H3,(H,22,23). The van der Waals surface area contributed by atoms with Crippen LogP contribution < -0.4 is 14.8 Å². The Hall–Kier alpha value is -3.12. The van der Waals surface area contributed by atoms with Crippen molar-refractivity contribution in [2.24, 2.45) is 0 Å². The van der Waals surface area contributed by atoms with Crippen molar-refractivity contribution >= 4 is 32.4 Å². The maximum atomic E-state index is 5.26. The molecule has 4 rings (SSSR count). The monoisotopic (exact) mass is 363 g/mol. The van der Waals surface area contributed by atoms with E-state index in [0.717, 1.165) is 43.7 Å². The van der Waals surface area contributed by atoms with Crippen molar-refractivity contribution in [2.45, 2.75) is 0 Å². The predicted molar refractivity (Wildman–Crippen MR) is 106 cm³/mol. The van der Waals surface area contributed by atoms with Crippen LogP contribution in [0.25, 0.3) is 21.3 Å². The van der Waals surface area contributed by atoms with E-state index in [9.17, 15) is 0 Å². The molecule has 0 saturated heterocycles. The van der Waals surface area contributed by atoms with E-state index in [1.54, 1.807) is 31.8 Å². The Morgan fingerprint density at radius 2 is 1.65 bits per heavy atom. The summed E-state index contributed by atoms with van der Waals surface area (Å²) >= 11 is 1.62. The Balaban J connectivity index is 1.62. The molecule has 0 amide bonds. The summed E-state index contributed by atoms with van der Waals surface area (Å²) in [5.41, 5.74) is 4.04. The van der Waals surface area contributed by atoms with E-state index in [2.05, 4.69) is 27.4 Å². The molecule has 0 fully saturated rings. The first kappa shape index (κ1) is 16.4. The minimum Gasteiger partial charge on any atom is -0.497 e. The van der Waals surface area contributed by atoms with E-state index in [1.165, 1.54) is 0 Å². The van der Waals surface area contributed by atoms with Crippen LogP contribution in [-0.2, 0) is 0 Å². The molecule has 0 spiro atoms. The van der Waals surface area contributed by atoms with Crippen LogP contribution in [0.4, 0.5) is 10.8 Å². The third kappa shape index (κ3) is 3.32. The lowest BCUT2D eigenvalue weighted by Gasteiger charge is -2.03. The van der Waals surface area contributed by atoms with E-state index >= 15 is 0 Å². The lowest BCUT2D eigenvalue weighted by Crippen LogP contribution is -1.89. The van der Waals surface area contributed by atoms with Crippen molar-refractivity contribution in [3.8, 4) is 22.6 Å². The molecule has 2 heterocycles. The van der Waals surface area contributed by atoms with Crippen LogP contribution in [0.2, 0.25) is 0 Å². The Labute approximate surface area is 155 Å². The van der Waals surface area contributed by atoms with Crippen LogP contribution in [0.15, 0.2) is 60.9 Å². The molecule has 6 heteroatoms. The highest BCUT2D eigenvalue weighted by molar-refractivity contribution is 7.22. The topological polar surface area (TPSA) is 56.3 Å². The van der Waals surface area contributed by atoms with Gasteiger partial charge in [0.15, 0.2) is 5.13 Å². The van der Waals surface area contributed by atoms with Gasteiger partial charge in [0.25, 0.3) is 0 Å². The lowest BCUT2D eigenvalue weighted by atomic mass is 10.1. The molecule has 0 atom stereocenters. The molecule has 0 unspecified atom stereocenters. The number of benzene rings is 2. The number of nitrogens with zero attached hydrogens (tertiary/aromatic N) is 2. The molecule has 0 bridgehead atoms. The molecule has 2 aromatic carbocycles. The van der Waals surface area contributed by atoms with Crippen molar-refractivity contribution < 1.29 is 9.47 Å². The van der Waals surface area contributed by atoms with Gasteiger partial charge in [-0.3, -0.25) is 4.98 Å². The fourth-order valence-corrected chi connectivity index (χ4v) is 3.57. The summed E-state index contributed by atoms with van der Waals surface area (Å²) in [7, 11) is 3.30. The molecule has 0 aliphatic heterocycles. The highest BCUT2D eigenvalue weighted by Gasteiger charge is 2.07. The summed E-state index contributed by atoms with van der Waals surface area (Å²) in [5, 5.41) is 4.19. The summed E-state index contributed by atoms with van der Waals surface area (Å²) in [5.74, 6) is 1.57. The third-order valence-electron chi connectivity index (χ3n) is 4.01. The van der Waals surface area contributed by atoms with Gasteiger partial charge in [-0.2, -0.15) is 0 Å². The van der Waals surface area contributed by atoms with Gasteiger partial charge in [0.2, 0.25) is 0 Å². The largest absolute Gasteiger partial charge is 0.497 e. The molecule has 2 aromatic heterocycles.